The maximum absolute atomic E-state index is 13.9. The lowest BCUT2D eigenvalue weighted by molar-refractivity contribution is -0.387. The summed E-state index contributed by atoms with van der Waals surface area (Å²) in [6.45, 7) is 0.653. The molecule has 0 radical (unpaired) electrons. The van der Waals surface area contributed by atoms with Crippen LogP contribution in [0.3, 0.4) is 0 Å². The van der Waals surface area contributed by atoms with Gasteiger partial charge in [-0.1, -0.05) is 5.16 Å². The van der Waals surface area contributed by atoms with Crippen LogP contribution in [0.25, 0.3) is 23.1 Å². The molecular weight excluding hydrogens is 245 g/mol. The zero-order valence-electron chi connectivity index (χ0n) is 10.2. The molecule has 3 aromatic rings. The minimum Gasteiger partial charge on any atom is -0.364 e. The first kappa shape index (κ1) is 11.7. The van der Waals surface area contributed by atoms with Gasteiger partial charge in [-0.05, 0) is 30.4 Å². The number of quaternary nitrogens is 1. The molecule has 0 saturated heterocycles. The van der Waals surface area contributed by atoms with Crippen molar-refractivity contribution in [2.24, 2.45) is 0 Å². The quantitative estimate of drug-likeness (QED) is 0.756. The molecule has 4 nitrogen and oxygen atoms in total. The highest BCUT2D eigenvalue weighted by Crippen LogP contribution is 2.21. The number of hydrogen-bond donors (Lipinski definition) is 2. The summed E-state index contributed by atoms with van der Waals surface area (Å²) in [4.78, 5) is 3.21. The third-order valence-electron chi connectivity index (χ3n) is 2.95. The Balaban J connectivity index is 2.01. The molecule has 0 spiro atoms. The normalized spacial score (nSPS) is 11.7. The fourth-order valence-electron chi connectivity index (χ4n) is 1.98. The molecule has 96 valence electrons. The largest absolute Gasteiger partial charge is 0.364 e. The second-order valence-corrected chi connectivity index (χ2v) is 4.26. The summed E-state index contributed by atoms with van der Waals surface area (Å²) in [6.07, 6.45) is 4.86. The van der Waals surface area contributed by atoms with Gasteiger partial charge >= 0.3 is 0 Å². The van der Waals surface area contributed by atoms with Gasteiger partial charge < -0.3 is 15.2 Å². The van der Waals surface area contributed by atoms with Crippen molar-refractivity contribution in [2.45, 2.75) is 6.54 Å². The van der Waals surface area contributed by atoms with E-state index < -0.39 is 0 Å². The number of aromatic nitrogens is 2. The molecule has 0 atom stereocenters. The second-order valence-electron chi connectivity index (χ2n) is 4.26. The van der Waals surface area contributed by atoms with Crippen LogP contribution in [-0.2, 0) is 6.54 Å². The number of halogens is 1. The van der Waals surface area contributed by atoms with Gasteiger partial charge in [0.25, 0.3) is 0 Å². The van der Waals surface area contributed by atoms with Crippen molar-refractivity contribution in [3.05, 3.63) is 53.3 Å². The summed E-state index contributed by atoms with van der Waals surface area (Å²) >= 11 is 0. The first-order chi connectivity index (χ1) is 9.26. The third-order valence-corrected chi connectivity index (χ3v) is 2.95. The Kier molecular flexibility index (Phi) is 2.89. The second kappa shape index (κ2) is 4.70. The molecule has 0 aliphatic heterocycles. The van der Waals surface area contributed by atoms with Gasteiger partial charge in [0, 0.05) is 22.5 Å². The first-order valence-electron chi connectivity index (χ1n) is 5.95. The van der Waals surface area contributed by atoms with E-state index in [1.54, 1.807) is 24.3 Å². The molecule has 2 heterocycles. The van der Waals surface area contributed by atoms with Crippen molar-refractivity contribution in [3.8, 4) is 0 Å². The Labute approximate surface area is 108 Å². The smallest absolute Gasteiger partial charge is 0.131 e. The predicted octanol–water partition coefficient (Wildman–Crippen LogP) is 2.21. The van der Waals surface area contributed by atoms with Gasteiger partial charge in [0.2, 0.25) is 0 Å². The number of fused-ring (bicyclic) bond motifs is 1. The van der Waals surface area contributed by atoms with Crippen molar-refractivity contribution in [1.29, 1.82) is 0 Å². The molecule has 19 heavy (non-hydrogen) atoms. The van der Waals surface area contributed by atoms with Gasteiger partial charge in [0.05, 0.1) is 5.69 Å². The molecule has 0 saturated carbocycles. The molecule has 5 heteroatoms. The molecule has 0 aliphatic carbocycles. The number of nitrogens with one attached hydrogen (secondary N) is 1. The highest BCUT2D eigenvalue weighted by molar-refractivity contribution is 5.84. The highest BCUT2D eigenvalue weighted by Gasteiger charge is 2.06. The van der Waals surface area contributed by atoms with E-state index in [1.165, 1.54) is 12.3 Å². The van der Waals surface area contributed by atoms with Gasteiger partial charge in [-0.3, -0.25) is 0 Å². The Morgan fingerprint density at radius 3 is 2.95 bits per heavy atom. The van der Waals surface area contributed by atoms with E-state index in [9.17, 15) is 4.39 Å². The number of aromatic amines is 1. The maximum Gasteiger partial charge on any atom is 0.131 e. The van der Waals surface area contributed by atoms with Crippen molar-refractivity contribution in [3.63, 3.8) is 0 Å². The van der Waals surface area contributed by atoms with Crippen LogP contribution in [-0.4, -0.2) is 10.1 Å². The summed E-state index contributed by atoms with van der Waals surface area (Å²) in [5.74, 6) is -0.262. The zero-order valence-corrected chi connectivity index (χ0v) is 10.2. The summed E-state index contributed by atoms with van der Waals surface area (Å²) in [5.41, 5.74) is 6.87. The molecule has 2 aromatic heterocycles. The minimum atomic E-state index is -0.262. The summed E-state index contributed by atoms with van der Waals surface area (Å²) < 4.78 is 18.6. The number of hydrogen-bond acceptors (Lipinski definition) is 2. The number of rotatable bonds is 3. The average Bonchev–Trinajstić information content (AvgIpc) is 3.04. The number of nitrogens with zero attached hydrogens (tertiary/aromatic N) is 1. The lowest BCUT2D eigenvalue weighted by atomic mass is 10.1. The highest BCUT2D eigenvalue weighted by atomic mass is 19.1. The molecule has 0 unspecified atom stereocenters. The van der Waals surface area contributed by atoms with Crippen LogP contribution in [0.15, 0.2) is 35.1 Å². The van der Waals surface area contributed by atoms with Crippen LogP contribution in [0.2, 0.25) is 0 Å². The van der Waals surface area contributed by atoms with Crippen LogP contribution in [0.4, 0.5) is 4.39 Å². The number of benzene rings is 1. The van der Waals surface area contributed by atoms with Gasteiger partial charge in [-0.2, -0.15) is 0 Å². The van der Waals surface area contributed by atoms with Gasteiger partial charge in [0.15, 0.2) is 0 Å². The van der Waals surface area contributed by atoms with Crippen molar-refractivity contribution in [1.82, 2.24) is 10.1 Å². The summed E-state index contributed by atoms with van der Waals surface area (Å²) in [5, 5.41) is 4.60. The van der Waals surface area contributed by atoms with Crippen LogP contribution in [0, 0.1) is 5.82 Å². The van der Waals surface area contributed by atoms with Crippen molar-refractivity contribution >= 4 is 23.1 Å². The third kappa shape index (κ3) is 2.28. The van der Waals surface area contributed by atoms with E-state index in [-0.39, 0.29) is 5.82 Å². The monoisotopic (exact) mass is 258 g/mol. The summed E-state index contributed by atoms with van der Waals surface area (Å²) in [7, 11) is 0. The van der Waals surface area contributed by atoms with E-state index in [2.05, 4.69) is 15.9 Å². The Bertz CT molecular complexity index is 729. The van der Waals surface area contributed by atoms with Gasteiger partial charge in [-0.25, -0.2) is 4.39 Å². The lowest BCUT2D eigenvalue weighted by Gasteiger charge is -1.97. The molecule has 0 amide bonds. The van der Waals surface area contributed by atoms with Gasteiger partial charge in [-0.15, -0.1) is 0 Å². The van der Waals surface area contributed by atoms with Gasteiger partial charge in [0.1, 0.15) is 24.3 Å². The standard InChI is InChI=1S/C14H12FN3O/c15-13-6-10-5-12(8-16)17-14(10)7-9(13)1-2-11-3-4-19-18-11/h1-7,17H,8,16H2/p+1/b2-1+. The molecule has 3 rings (SSSR count). The van der Waals surface area contributed by atoms with Crippen LogP contribution >= 0.6 is 0 Å². The van der Waals surface area contributed by atoms with E-state index in [0.29, 0.717) is 17.8 Å². The Morgan fingerprint density at radius 1 is 1.32 bits per heavy atom. The predicted molar refractivity (Wildman–Crippen MR) is 70.3 cm³/mol. The molecule has 0 fully saturated rings. The first-order valence-corrected chi connectivity index (χ1v) is 5.95. The van der Waals surface area contributed by atoms with Crippen LogP contribution < -0.4 is 5.73 Å². The van der Waals surface area contributed by atoms with E-state index >= 15 is 0 Å². The lowest BCUT2D eigenvalue weighted by Crippen LogP contribution is -2.47. The fraction of sp³-hybridized carbons (Fsp3) is 0.0714. The molecule has 0 aliphatic rings. The number of H-pyrrole nitrogens is 1. The van der Waals surface area contributed by atoms with E-state index in [0.717, 1.165) is 16.6 Å². The molecular formula is C14H13FN3O+. The Morgan fingerprint density at radius 2 is 2.21 bits per heavy atom. The molecule has 1 aromatic carbocycles. The maximum atomic E-state index is 13.9. The molecule has 4 N–H and O–H groups in total. The van der Waals surface area contributed by atoms with E-state index in [1.807, 2.05) is 6.07 Å². The van der Waals surface area contributed by atoms with E-state index in [4.69, 9.17) is 4.52 Å². The fourth-order valence-corrected chi connectivity index (χ4v) is 1.98. The molecule has 0 bridgehead atoms. The van der Waals surface area contributed by atoms with Crippen molar-refractivity contribution < 1.29 is 14.6 Å². The van der Waals surface area contributed by atoms with Crippen molar-refractivity contribution in [2.75, 3.05) is 0 Å². The Hall–Kier alpha value is -2.40. The zero-order chi connectivity index (χ0) is 13.2. The topological polar surface area (TPSA) is 69.5 Å². The SMILES string of the molecule is [NH3+]Cc1cc2cc(F)c(/C=C/c3ccon3)cc2[nH]1. The minimum absolute atomic E-state index is 0.262. The average molecular weight is 258 g/mol. The van der Waals surface area contributed by atoms with Crippen LogP contribution in [0.5, 0.6) is 0 Å². The van der Waals surface area contributed by atoms with Crippen LogP contribution in [0.1, 0.15) is 17.0 Å². The summed E-state index contributed by atoms with van der Waals surface area (Å²) in [6, 6.07) is 6.92.